The van der Waals surface area contributed by atoms with E-state index in [4.69, 9.17) is 0 Å². The van der Waals surface area contributed by atoms with Gasteiger partial charge in [0.25, 0.3) is 0 Å². The van der Waals surface area contributed by atoms with Crippen LogP contribution in [-0.4, -0.2) is 83.5 Å². The van der Waals surface area contributed by atoms with Crippen LogP contribution in [0.5, 0.6) is 0 Å². The van der Waals surface area contributed by atoms with Gasteiger partial charge < -0.3 is 19.2 Å². The lowest BCUT2D eigenvalue weighted by atomic mass is 9.57. The van der Waals surface area contributed by atoms with E-state index in [1.165, 1.54) is 25.7 Å². The highest BCUT2D eigenvalue weighted by atomic mass is 16.4. The molecule has 4 fully saturated rings. The molecule has 4 aliphatic rings. The molecule has 4 atom stereocenters. The maximum atomic E-state index is 13.0. The van der Waals surface area contributed by atoms with Gasteiger partial charge in [-0.05, 0) is 18.3 Å². The molecule has 164 valence electrons. The van der Waals surface area contributed by atoms with Crippen molar-refractivity contribution in [2.45, 2.75) is 88.4 Å². The largest absolute Gasteiger partial charge is 0.481 e. The minimum atomic E-state index is -0.874. The smallest absolute Gasteiger partial charge is 0.310 e. The summed E-state index contributed by atoms with van der Waals surface area (Å²) in [5, 5.41) is 20.1. The molecule has 0 aromatic rings. The maximum absolute atomic E-state index is 13.0. The monoisotopic (exact) mass is 408 g/mol. The molecule has 0 spiro atoms. The molecule has 4 saturated heterocycles. The fourth-order valence-corrected chi connectivity index (χ4v) is 8.11. The molecule has 0 aliphatic carbocycles. The number of nitrogens with zero attached hydrogens (tertiary/aromatic N) is 2. The van der Waals surface area contributed by atoms with Crippen LogP contribution in [0.1, 0.15) is 64.2 Å². The Bertz CT molecular complexity index is 616. The Morgan fingerprint density at radius 3 is 1.38 bits per heavy atom. The molecule has 29 heavy (non-hydrogen) atoms. The highest BCUT2D eigenvalue weighted by molar-refractivity contribution is 5.77. The van der Waals surface area contributed by atoms with Crippen molar-refractivity contribution in [1.29, 1.82) is 0 Å². The number of rotatable bonds is 6. The van der Waals surface area contributed by atoms with Crippen molar-refractivity contribution in [3.05, 3.63) is 0 Å². The molecule has 0 saturated carbocycles. The third-order valence-corrected chi connectivity index (χ3v) is 10.3. The molecule has 0 aromatic carbocycles. The summed E-state index contributed by atoms with van der Waals surface area (Å²) >= 11 is 0. The van der Waals surface area contributed by atoms with Crippen molar-refractivity contribution in [3.8, 4) is 0 Å². The highest BCUT2D eigenvalue weighted by Crippen LogP contribution is 2.58. The molecule has 6 nitrogen and oxygen atoms in total. The van der Waals surface area contributed by atoms with E-state index in [1.807, 2.05) is 0 Å². The predicted octanol–water partition coefficient (Wildman–Crippen LogP) is 2.96. The fraction of sp³-hybridized carbons (Fsp3) is 0.913. The second-order valence-electron chi connectivity index (χ2n) is 11.6. The minimum absolute atomic E-state index is 0.0273. The van der Waals surface area contributed by atoms with E-state index in [2.05, 4.69) is 28.2 Å². The van der Waals surface area contributed by atoms with E-state index < -0.39 is 17.4 Å². The van der Waals surface area contributed by atoms with Crippen LogP contribution in [0.15, 0.2) is 0 Å². The standard InChI is InChI=1S/C23H38N2O4/c1-24(2)17-5-6-18(24)12-15(11-17)23(22(28)29,10-9-21(26)27)16-13-19-7-8-20(14-16)25(19,3)4/h15-20H,5-14H2,1-4H3/p+2. The molecule has 4 heterocycles. The van der Waals surface area contributed by atoms with Crippen molar-refractivity contribution in [3.63, 3.8) is 0 Å². The first-order valence-electron chi connectivity index (χ1n) is 11.6. The van der Waals surface area contributed by atoms with Crippen molar-refractivity contribution in [2.75, 3.05) is 28.2 Å². The Kier molecular flexibility index (Phi) is 5.05. The molecular formula is C23H40N2O4+2. The summed E-state index contributed by atoms with van der Waals surface area (Å²) in [5.74, 6) is -1.35. The normalized spacial score (nSPS) is 41.7. The van der Waals surface area contributed by atoms with E-state index in [0.717, 1.165) is 34.6 Å². The number of hydrogen-bond donors (Lipinski definition) is 2. The molecule has 4 unspecified atom stereocenters. The van der Waals surface area contributed by atoms with Crippen LogP contribution >= 0.6 is 0 Å². The molecule has 4 aliphatic heterocycles. The molecule has 4 bridgehead atoms. The highest BCUT2D eigenvalue weighted by Gasteiger charge is 2.62. The van der Waals surface area contributed by atoms with Crippen molar-refractivity contribution >= 4 is 11.9 Å². The van der Waals surface area contributed by atoms with Gasteiger partial charge in [-0.3, -0.25) is 9.59 Å². The molecule has 6 heteroatoms. The van der Waals surface area contributed by atoms with E-state index >= 15 is 0 Å². The van der Waals surface area contributed by atoms with E-state index in [-0.39, 0.29) is 18.3 Å². The lowest BCUT2D eigenvalue weighted by Gasteiger charge is -2.54. The summed E-state index contributed by atoms with van der Waals surface area (Å²) in [6, 6.07) is 2.09. The summed E-state index contributed by atoms with van der Waals surface area (Å²) in [6.07, 6.45) is 8.78. The maximum Gasteiger partial charge on any atom is 0.310 e. The number of fused-ring (bicyclic) bond motifs is 4. The Morgan fingerprint density at radius 2 is 1.10 bits per heavy atom. The number of quaternary nitrogens is 2. The molecule has 4 rings (SSSR count). The van der Waals surface area contributed by atoms with Gasteiger partial charge in [-0.1, -0.05) is 0 Å². The molecule has 2 N–H and O–H groups in total. The van der Waals surface area contributed by atoms with Gasteiger partial charge in [0.2, 0.25) is 0 Å². The van der Waals surface area contributed by atoms with Gasteiger partial charge in [-0.15, -0.1) is 0 Å². The van der Waals surface area contributed by atoms with Crippen LogP contribution in [0, 0.1) is 17.3 Å². The van der Waals surface area contributed by atoms with Crippen LogP contribution < -0.4 is 0 Å². The van der Waals surface area contributed by atoms with Gasteiger partial charge in [0, 0.05) is 57.8 Å². The Hall–Kier alpha value is -1.14. The summed E-state index contributed by atoms with van der Waals surface area (Å²) in [7, 11) is 9.22. The average Bonchev–Trinajstić information content (AvgIpc) is 2.91. The zero-order valence-electron chi connectivity index (χ0n) is 18.6. The summed E-state index contributed by atoms with van der Waals surface area (Å²) in [4.78, 5) is 24.5. The first-order valence-corrected chi connectivity index (χ1v) is 11.6. The summed E-state index contributed by atoms with van der Waals surface area (Å²) < 4.78 is 2.04. The zero-order valence-corrected chi connectivity index (χ0v) is 18.6. The van der Waals surface area contributed by atoms with Crippen molar-refractivity contribution in [2.24, 2.45) is 17.3 Å². The SMILES string of the molecule is C[N+]1(C)C2CCC1CC(C(CCC(=O)O)(C(=O)O)C1CC3CCC(C1)[N+]3(C)C)C2. The molecular weight excluding hydrogens is 368 g/mol. The van der Waals surface area contributed by atoms with Crippen molar-refractivity contribution < 1.29 is 28.8 Å². The van der Waals surface area contributed by atoms with Gasteiger partial charge in [0.1, 0.15) is 0 Å². The number of carboxylic acid groups (broad SMARTS) is 2. The van der Waals surface area contributed by atoms with E-state index in [9.17, 15) is 19.8 Å². The minimum Gasteiger partial charge on any atom is -0.481 e. The number of hydrogen-bond acceptors (Lipinski definition) is 2. The topological polar surface area (TPSA) is 74.6 Å². The Balaban J connectivity index is 1.69. The second kappa shape index (κ2) is 6.94. The zero-order chi connectivity index (χ0) is 21.2. The first-order chi connectivity index (χ1) is 13.5. The Labute approximate surface area is 175 Å². The second-order valence-corrected chi connectivity index (χ2v) is 11.6. The van der Waals surface area contributed by atoms with E-state index in [0.29, 0.717) is 30.6 Å². The van der Waals surface area contributed by atoms with Crippen LogP contribution in [0.2, 0.25) is 0 Å². The Morgan fingerprint density at radius 1 is 0.759 bits per heavy atom. The molecule has 0 radical (unpaired) electrons. The summed E-state index contributed by atoms with van der Waals surface area (Å²) in [6.45, 7) is 0. The molecule has 0 amide bonds. The number of carboxylic acids is 2. The number of piperidine rings is 2. The van der Waals surface area contributed by atoms with Crippen LogP contribution in [0.4, 0.5) is 0 Å². The third kappa shape index (κ3) is 3.13. The van der Waals surface area contributed by atoms with Gasteiger partial charge >= 0.3 is 11.9 Å². The van der Waals surface area contributed by atoms with Gasteiger partial charge in [0.15, 0.2) is 0 Å². The lowest BCUT2D eigenvalue weighted by molar-refractivity contribution is -0.933. The average molecular weight is 409 g/mol. The van der Waals surface area contributed by atoms with Gasteiger partial charge in [0.05, 0.1) is 57.8 Å². The third-order valence-electron chi connectivity index (χ3n) is 10.3. The molecule has 0 aromatic heterocycles. The van der Waals surface area contributed by atoms with Crippen LogP contribution in [0.3, 0.4) is 0 Å². The quantitative estimate of drug-likeness (QED) is 0.663. The predicted molar refractivity (Wildman–Crippen MR) is 110 cm³/mol. The fourth-order valence-electron chi connectivity index (χ4n) is 8.11. The van der Waals surface area contributed by atoms with E-state index in [1.54, 1.807) is 0 Å². The van der Waals surface area contributed by atoms with Crippen molar-refractivity contribution in [1.82, 2.24) is 0 Å². The first kappa shape index (κ1) is 21.1. The van der Waals surface area contributed by atoms with Gasteiger partial charge in [-0.2, -0.15) is 0 Å². The van der Waals surface area contributed by atoms with Crippen LogP contribution in [0.25, 0.3) is 0 Å². The summed E-state index contributed by atoms with van der Waals surface area (Å²) in [5.41, 5.74) is -0.874. The van der Waals surface area contributed by atoms with Crippen LogP contribution in [-0.2, 0) is 9.59 Å². The lowest BCUT2D eigenvalue weighted by Crippen LogP contribution is -2.62. The number of carbonyl (C=O) groups is 2. The number of aliphatic carboxylic acids is 2. The van der Waals surface area contributed by atoms with Gasteiger partial charge in [-0.25, -0.2) is 0 Å².